The van der Waals surface area contributed by atoms with E-state index in [9.17, 15) is 24.0 Å². The normalized spacial score (nSPS) is 13.7. The zero-order chi connectivity index (χ0) is 42.9. The second-order valence-electron chi connectivity index (χ2n) is 17.2. The fraction of sp³-hybridized carbons (Fsp3) is 0.488. The van der Waals surface area contributed by atoms with Gasteiger partial charge in [0.25, 0.3) is 5.91 Å². The summed E-state index contributed by atoms with van der Waals surface area (Å²) in [7, 11) is 0. The zero-order valence-corrected chi connectivity index (χ0v) is 35.3. The Balaban J connectivity index is 1.73. The molecule has 16 nitrogen and oxygen atoms in total. The Morgan fingerprint density at radius 1 is 0.667 bits per heavy atom. The molecule has 0 aromatic heterocycles. The SMILES string of the molecule is Cc1cc(NC(=O)c2ccc(N=C(NC(=O)OC(C)(C)C)NC(=O)OC(C)(C)C)cc2)ccc1C1=CCN(/C(=N\C(=O)OC(C)(C)C)NC(=O)OC(C)(C)C)CC1. The van der Waals surface area contributed by atoms with Gasteiger partial charge in [0.2, 0.25) is 11.9 Å². The molecule has 5 amide bonds. The lowest BCUT2D eigenvalue weighted by Crippen LogP contribution is -2.48. The van der Waals surface area contributed by atoms with Gasteiger partial charge in [-0.05, 0) is 150 Å². The standard InChI is InChI=1S/C41H57N7O9/c1-25-24-29(18-19-30(25)26-20-22-48(23-21-26)33(46-36(52)56-40(8,9)10)47-37(53)57-41(11,12)13)42-31(49)27-14-16-28(17-15-27)43-32(44-34(50)54-38(2,3)4)45-35(51)55-39(5,6)7/h14-20,24H,21-23H2,1-13H3,(H,42,49)(H,46,47,52,53)(H2,43,44,45,50,51). The van der Waals surface area contributed by atoms with Crippen LogP contribution in [0.15, 0.2) is 58.5 Å². The number of alkyl carbamates (subject to hydrolysis) is 3. The molecule has 0 unspecified atom stereocenters. The van der Waals surface area contributed by atoms with Crippen molar-refractivity contribution in [3.05, 3.63) is 65.2 Å². The van der Waals surface area contributed by atoms with E-state index >= 15 is 0 Å². The Morgan fingerprint density at radius 2 is 1.18 bits per heavy atom. The first-order chi connectivity index (χ1) is 26.1. The minimum absolute atomic E-state index is 0.0267. The average Bonchev–Trinajstić information content (AvgIpc) is 3.01. The van der Waals surface area contributed by atoms with Gasteiger partial charge in [0.1, 0.15) is 22.4 Å². The number of rotatable bonds is 4. The van der Waals surface area contributed by atoms with E-state index < -0.39 is 46.8 Å². The van der Waals surface area contributed by atoms with Crippen LogP contribution in [0.5, 0.6) is 0 Å². The first-order valence-corrected chi connectivity index (χ1v) is 18.5. The van der Waals surface area contributed by atoms with Crippen molar-refractivity contribution in [2.45, 2.75) is 119 Å². The number of carbonyl (C=O) groups excluding carboxylic acids is 5. The van der Waals surface area contributed by atoms with Gasteiger partial charge in [-0.2, -0.15) is 0 Å². The van der Waals surface area contributed by atoms with E-state index in [1.54, 1.807) is 112 Å². The fourth-order valence-corrected chi connectivity index (χ4v) is 5.06. The fourth-order valence-electron chi connectivity index (χ4n) is 5.06. The summed E-state index contributed by atoms with van der Waals surface area (Å²) in [4.78, 5) is 73.4. The first-order valence-electron chi connectivity index (χ1n) is 18.5. The Morgan fingerprint density at radius 3 is 1.63 bits per heavy atom. The van der Waals surface area contributed by atoms with Gasteiger partial charge in [0.05, 0.1) is 5.69 Å². The molecule has 2 aromatic carbocycles. The molecular weight excluding hydrogens is 734 g/mol. The zero-order valence-electron chi connectivity index (χ0n) is 35.3. The quantitative estimate of drug-likeness (QED) is 0.133. The van der Waals surface area contributed by atoms with Crippen LogP contribution < -0.4 is 21.3 Å². The van der Waals surface area contributed by atoms with Crippen molar-refractivity contribution in [1.29, 1.82) is 0 Å². The number of benzene rings is 2. The predicted octanol–water partition coefficient (Wildman–Crippen LogP) is 8.19. The summed E-state index contributed by atoms with van der Waals surface area (Å²) in [5, 5.41) is 10.4. The molecule has 0 spiro atoms. The maximum atomic E-state index is 13.2. The van der Waals surface area contributed by atoms with Crippen LogP contribution in [0, 0.1) is 6.92 Å². The highest BCUT2D eigenvalue weighted by atomic mass is 16.6. The van der Waals surface area contributed by atoms with E-state index in [1.807, 2.05) is 31.2 Å². The van der Waals surface area contributed by atoms with E-state index in [4.69, 9.17) is 18.9 Å². The smallest absolute Gasteiger partial charge is 0.437 e. The van der Waals surface area contributed by atoms with E-state index in [0.717, 1.165) is 16.7 Å². The molecular formula is C41H57N7O9. The molecule has 0 aliphatic carbocycles. The Hall–Kier alpha value is -5.93. The number of carbonyl (C=O) groups is 5. The van der Waals surface area contributed by atoms with Gasteiger partial charge in [-0.3, -0.25) is 20.7 Å². The van der Waals surface area contributed by atoms with Crippen LogP contribution in [-0.2, 0) is 18.9 Å². The second kappa shape index (κ2) is 18.3. The lowest BCUT2D eigenvalue weighted by molar-refractivity contribution is 0.0528. The second-order valence-corrected chi connectivity index (χ2v) is 17.2. The van der Waals surface area contributed by atoms with Crippen molar-refractivity contribution in [2.75, 3.05) is 18.4 Å². The highest BCUT2D eigenvalue weighted by Crippen LogP contribution is 2.28. The molecule has 310 valence electrons. The number of aryl methyl sites for hydroxylation is 1. The van der Waals surface area contributed by atoms with Crippen LogP contribution in [-0.4, -0.2) is 82.6 Å². The summed E-state index contributed by atoms with van der Waals surface area (Å²) >= 11 is 0. The first kappa shape index (κ1) is 45.5. The summed E-state index contributed by atoms with van der Waals surface area (Å²) in [5.74, 6) is -0.559. The number of aliphatic imine (C=N–C) groups is 2. The van der Waals surface area contributed by atoms with Gasteiger partial charge >= 0.3 is 24.4 Å². The maximum Gasteiger partial charge on any atom is 0.437 e. The Bertz CT molecular complexity index is 1880. The van der Waals surface area contributed by atoms with E-state index in [-0.39, 0.29) is 17.8 Å². The van der Waals surface area contributed by atoms with Crippen molar-refractivity contribution >= 4 is 59.1 Å². The van der Waals surface area contributed by atoms with Crippen molar-refractivity contribution in [3.63, 3.8) is 0 Å². The molecule has 0 radical (unpaired) electrons. The molecule has 0 saturated heterocycles. The third-order valence-corrected chi connectivity index (χ3v) is 7.15. The topological polar surface area (TPSA) is 198 Å². The molecule has 16 heteroatoms. The Labute approximate surface area is 334 Å². The number of nitrogens with zero attached hydrogens (tertiary/aromatic N) is 3. The summed E-state index contributed by atoms with van der Waals surface area (Å²) in [6.45, 7) is 23.3. The number of hydrogen-bond acceptors (Lipinski definition) is 10. The van der Waals surface area contributed by atoms with Gasteiger partial charge in [-0.25, -0.2) is 24.2 Å². The molecule has 1 aliphatic rings. The van der Waals surface area contributed by atoms with Crippen LogP contribution in [0.3, 0.4) is 0 Å². The van der Waals surface area contributed by atoms with Crippen molar-refractivity contribution in [2.24, 2.45) is 9.98 Å². The van der Waals surface area contributed by atoms with Gasteiger partial charge in [0.15, 0.2) is 0 Å². The van der Waals surface area contributed by atoms with Gasteiger partial charge in [0, 0.05) is 24.3 Å². The molecule has 4 N–H and O–H groups in total. The number of nitrogens with one attached hydrogen (secondary N) is 4. The van der Waals surface area contributed by atoms with Crippen LogP contribution in [0.4, 0.5) is 30.6 Å². The lowest BCUT2D eigenvalue weighted by atomic mass is 9.95. The molecule has 1 heterocycles. The van der Waals surface area contributed by atoms with Crippen LogP contribution in [0.2, 0.25) is 0 Å². The van der Waals surface area contributed by atoms with Gasteiger partial charge < -0.3 is 29.2 Å². The minimum Gasteiger partial charge on any atom is -0.444 e. The molecule has 0 bridgehead atoms. The van der Waals surface area contributed by atoms with Crippen LogP contribution >= 0.6 is 0 Å². The molecule has 0 atom stereocenters. The van der Waals surface area contributed by atoms with Crippen molar-refractivity contribution in [1.82, 2.24) is 20.9 Å². The Kier molecular flexibility index (Phi) is 14.6. The van der Waals surface area contributed by atoms with Gasteiger partial charge in [-0.1, -0.05) is 12.1 Å². The molecule has 2 aromatic rings. The van der Waals surface area contributed by atoms with E-state index in [2.05, 4.69) is 31.3 Å². The highest BCUT2D eigenvalue weighted by Gasteiger charge is 2.26. The molecule has 3 rings (SSSR count). The maximum absolute atomic E-state index is 13.2. The minimum atomic E-state index is -0.837. The number of guanidine groups is 2. The van der Waals surface area contributed by atoms with Gasteiger partial charge in [-0.15, -0.1) is 4.99 Å². The third-order valence-electron chi connectivity index (χ3n) is 7.15. The number of ether oxygens (including phenoxy) is 4. The van der Waals surface area contributed by atoms with Crippen LogP contribution in [0.25, 0.3) is 5.57 Å². The highest BCUT2D eigenvalue weighted by molar-refractivity contribution is 6.05. The predicted molar refractivity (Wildman–Crippen MR) is 219 cm³/mol. The molecule has 0 saturated carbocycles. The summed E-state index contributed by atoms with van der Waals surface area (Å²) < 4.78 is 21.3. The van der Waals surface area contributed by atoms with Crippen molar-refractivity contribution in [3.8, 4) is 0 Å². The van der Waals surface area contributed by atoms with E-state index in [0.29, 0.717) is 36.4 Å². The molecule has 0 fully saturated rings. The van der Waals surface area contributed by atoms with Crippen molar-refractivity contribution < 1.29 is 42.9 Å². The summed E-state index contributed by atoms with van der Waals surface area (Å²) in [5.41, 5.74) is 1.11. The summed E-state index contributed by atoms with van der Waals surface area (Å²) in [6.07, 6.45) is -0.673. The number of hydrogen-bond donors (Lipinski definition) is 4. The third kappa shape index (κ3) is 16.8. The van der Waals surface area contributed by atoms with Crippen LogP contribution in [0.1, 0.15) is 111 Å². The van der Waals surface area contributed by atoms with E-state index in [1.165, 1.54) is 0 Å². The lowest BCUT2D eigenvalue weighted by Gasteiger charge is -2.30. The molecule has 1 aliphatic heterocycles. The summed E-state index contributed by atoms with van der Waals surface area (Å²) in [6, 6.07) is 11.8. The number of amides is 5. The number of anilines is 1. The molecule has 57 heavy (non-hydrogen) atoms. The monoisotopic (exact) mass is 791 g/mol. The largest absolute Gasteiger partial charge is 0.444 e. The average molecular weight is 792 g/mol.